The fourth-order valence-electron chi connectivity index (χ4n) is 5.11. The second-order valence-corrected chi connectivity index (χ2v) is 11.1. The number of carboxylic acids is 1. The molecule has 4 aromatic rings. The van der Waals surface area contributed by atoms with E-state index in [1.165, 1.54) is 29.5 Å². The van der Waals surface area contributed by atoms with Crippen LogP contribution in [0.5, 0.6) is 0 Å². The predicted octanol–water partition coefficient (Wildman–Crippen LogP) is 5.73. The molecule has 9 nitrogen and oxygen atoms in total. The van der Waals surface area contributed by atoms with E-state index in [1.807, 2.05) is 6.92 Å². The zero-order chi connectivity index (χ0) is 29.1. The number of likely N-dealkylation sites (tertiary alicyclic amines) is 1. The number of fused-ring (bicyclic) bond motifs is 1. The summed E-state index contributed by atoms with van der Waals surface area (Å²) < 4.78 is 40.8. The quantitative estimate of drug-likeness (QED) is 0.230. The molecule has 0 saturated carbocycles. The largest absolute Gasteiger partial charge is 0.481 e. The summed E-state index contributed by atoms with van der Waals surface area (Å²) in [7, 11) is 0. The fourth-order valence-corrected chi connectivity index (χ4v) is 6.23. The summed E-state index contributed by atoms with van der Waals surface area (Å²) in [6.45, 7) is 4.81. The summed E-state index contributed by atoms with van der Waals surface area (Å²) in [5.74, 6) is -2.29. The lowest BCUT2D eigenvalue weighted by molar-refractivity contribution is -0.138. The van der Waals surface area contributed by atoms with Crippen molar-refractivity contribution >= 4 is 46.0 Å². The molecule has 0 bridgehead atoms. The van der Waals surface area contributed by atoms with Gasteiger partial charge in [0.1, 0.15) is 21.9 Å². The highest BCUT2D eigenvalue weighted by Gasteiger charge is 2.47. The van der Waals surface area contributed by atoms with Crippen LogP contribution in [0.25, 0.3) is 11.1 Å². The highest BCUT2D eigenvalue weighted by atomic mass is 32.1. The van der Waals surface area contributed by atoms with E-state index in [-0.39, 0.29) is 48.0 Å². The van der Waals surface area contributed by atoms with Gasteiger partial charge in [0.25, 0.3) is 6.01 Å². The number of amides is 1. The second kappa shape index (κ2) is 11.9. The Balaban J connectivity index is 1.39. The van der Waals surface area contributed by atoms with Gasteiger partial charge >= 0.3 is 5.97 Å². The minimum atomic E-state index is -0.889. The molecule has 1 saturated heterocycles. The van der Waals surface area contributed by atoms with Crippen LogP contribution in [0.15, 0.2) is 40.9 Å². The molecule has 0 radical (unpaired) electrons. The van der Waals surface area contributed by atoms with Crippen molar-refractivity contribution in [3.8, 4) is 0 Å². The van der Waals surface area contributed by atoms with Gasteiger partial charge in [-0.2, -0.15) is 4.98 Å². The van der Waals surface area contributed by atoms with E-state index in [0.717, 1.165) is 16.9 Å². The molecule has 3 heterocycles. The van der Waals surface area contributed by atoms with Crippen LogP contribution in [-0.2, 0) is 32.7 Å². The van der Waals surface area contributed by atoms with E-state index >= 15 is 4.39 Å². The van der Waals surface area contributed by atoms with Crippen LogP contribution in [-0.4, -0.2) is 51.6 Å². The van der Waals surface area contributed by atoms with Crippen LogP contribution in [0.3, 0.4) is 0 Å². The minimum absolute atomic E-state index is 0.00817. The Labute approximate surface area is 239 Å². The van der Waals surface area contributed by atoms with Crippen LogP contribution in [0.2, 0.25) is 0 Å². The summed E-state index contributed by atoms with van der Waals surface area (Å²) in [4.78, 5) is 36.1. The number of aromatic nitrogens is 2. The molecular weight excluding hydrogens is 554 g/mol. The van der Waals surface area contributed by atoms with Crippen molar-refractivity contribution in [1.82, 2.24) is 14.9 Å². The zero-order valence-electron chi connectivity index (χ0n) is 22.7. The molecule has 2 N–H and O–H groups in total. The van der Waals surface area contributed by atoms with Crippen molar-refractivity contribution in [1.29, 1.82) is 0 Å². The number of oxazole rings is 1. The summed E-state index contributed by atoms with van der Waals surface area (Å²) in [6.07, 6.45) is 3.14. The Morgan fingerprint density at radius 3 is 2.88 bits per heavy atom. The molecule has 0 aliphatic carbocycles. The number of ether oxygens (including phenoxy) is 1. The maximum Gasteiger partial charge on any atom is 0.303 e. The number of benzene rings is 2. The molecule has 1 atom stereocenters. The first kappa shape index (κ1) is 28.6. The SMILES string of the molecule is CCOC[C@]1(c2ncc(CCC(=O)O)s2)CCCN1C(=O)Cc1ccc2nc(Nc3cc(F)ccc3C)oc2c1F. The number of nitrogens with zero attached hydrogens (tertiary/aromatic N) is 3. The molecule has 0 unspecified atom stereocenters. The maximum atomic E-state index is 15.6. The first-order valence-electron chi connectivity index (χ1n) is 13.4. The summed E-state index contributed by atoms with van der Waals surface area (Å²) in [5, 5.41) is 12.6. The van der Waals surface area contributed by atoms with Gasteiger partial charge in [0.2, 0.25) is 5.91 Å². The van der Waals surface area contributed by atoms with Gasteiger partial charge in [-0.15, -0.1) is 11.3 Å². The monoisotopic (exact) mass is 584 g/mol. The lowest BCUT2D eigenvalue weighted by Gasteiger charge is -2.37. The lowest BCUT2D eigenvalue weighted by atomic mass is 9.97. The van der Waals surface area contributed by atoms with E-state index in [2.05, 4.69) is 15.3 Å². The smallest absolute Gasteiger partial charge is 0.303 e. The summed E-state index contributed by atoms with van der Waals surface area (Å²) in [6, 6.07) is 7.36. The van der Waals surface area contributed by atoms with E-state index < -0.39 is 23.1 Å². The normalized spacial score (nSPS) is 16.9. The summed E-state index contributed by atoms with van der Waals surface area (Å²) in [5.41, 5.74) is 0.712. The van der Waals surface area contributed by atoms with Gasteiger partial charge < -0.3 is 24.5 Å². The number of carbonyl (C=O) groups is 2. The van der Waals surface area contributed by atoms with Crippen molar-refractivity contribution in [3.63, 3.8) is 0 Å². The van der Waals surface area contributed by atoms with Gasteiger partial charge in [-0.05, 0) is 56.9 Å². The van der Waals surface area contributed by atoms with E-state index in [1.54, 1.807) is 30.2 Å². The minimum Gasteiger partial charge on any atom is -0.481 e. The number of aliphatic carboxylic acids is 1. The van der Waals surface area contributed by atoms with Crippen molar-refractivity contribution in [2.75, 3.05) is 25.1 Å². The number of hydrogen-bond acceptors (Lipinski definition) is 8. The third-order valence-corrected chi connectivity index (χ3v) is 8.48. The Morgan fingerprint density at radius 1 is 1.27 bits per heavy atom. The average molecular weight is 585 g/mol. The third-order valence-electron chi connectivity index (χ3n) is 7.23. The standard InChI is InChI=1S/C29H30F2N4O5S/c1-3-39-16-29(27-32-15-20(41-27)8-10-24(37)38)11-4-12-35(29)23(36)13-18-6-9-21-26(25(18)31)40-28(33-21)34-22-14-19(30)7-5-17(22)2/h5-7,9,14-15H,3-4,8,10-13,16H2,1-2H3,(H,33,34)(H,37,38)/t29-/m0/s1. The van der Waals surface area contributed by atoms with Crippen molar-refractivity contribution < 1.29 is 32.6 Å². The zero-order valence-corrected chi connectivity index (χ0v) is 23.5. The Bertz CT molecular complexity index is 1590. The topological polar surface area (TPSA) is 118 Å². The first-order chi connectivity index (χ1) is 19.7. The third kappa shape index (κ3) is 5.94. The predicted molar refractivity (Wildman–Crippen MR) is 149 cm³/mol. The molecule has 0 spiro atoms. The number of rotatable bonds is 11. The summed E-state index contributed by atoms with van der Waals surface area (Å²) >= 11 is 1.38. The Hall–Kier alpha value is -3.90. The van der Waals surface area contributed by atoms with Gasteiger partial charge in [-0.1, -0.05) is 12.1 Å². The number of hydrogen-bond donors (Lipinski definition) is 2. The molecule has 1 amide bonds. The highest BCUT2D eigenvalue weighted by molar-refractivity contribution is 7.11. The molecule has 12 heteroatoms. The van der Waals surface area contributed by atoms with Crippen LogP contribution >= 0.6 is 11.3 Å². The van der Waals surface area contributed by atoms with E-state index in [4.69, 9.17) is 14.3 Å². The number of carboxylic acid groups (broad SMARTS) is 1. The molecule has 2 aromatic heterocycles. The molecule has 1 aliphatic rings. The lowest BCUT2D eigenvalue weighted by Crippen LogP contribution is -2.48. The number of aryl methyl sites for hydroxylation is 2. The number of thiazole rings is 1. The van der Waals surface area contributed by atoms with Crippen molar-refractivity contribution in [3.05, 3.63) is 69.2 Å². The molecule has 5 rings (SSSR count). The number of carbonyl (C=O) groups excluding carboxylic acids is 1. The van der Waals surface area contributed by atoms with Gasteiger partial charge in [-0.3, -0.25) is 9.59 Å². The van der Waals surface area contributed by atoms with Crippen molar-refractivity contribution in [2.45, 2.75) is 51.5 Å². The first-order valence-corrected chi connectivity index (χ1v) is 14.2. The van der Waals surface area contributed by atoms with Crippen LogP contribution in [0.1, 0.15) is 47.2 Å². The van der Waals surface area contributed by atoms with E-state index in [9.17, 15) is 14.0 Å². The molecule has 216 valence electrons. The molecule has 41 heavy (non-hydrogen) atoms. The van der Waals surface area contributed by atoms with E-state index in [0.29, 0.717) is 36.7 Å². The van der Waals surface area contributed by atoms with Gasteiger partial charge in [0, 0.05) is 35.5 Å². The number of halogens is 2. The number of nitrogens with one attached hydrogen (secondary N) is 1. The average Bonchev–Trinajstić information content (AvgIpc) is 3.69. The van der Waals surface area contributed by atoms with Crippen LogP contribution in [0.4, 0.5) is 20.5 Å². The van der Waals surface area contributed by atoms with Crippen LogP contribution in [0, 0.1) is 18.6 Å². The second-order valence-electron chi connectivity index (χ2n) is 10.0. The molecule has 2 aromatic carbocycles. The fraction of sp³-hybridized carbons (Fsp3) is 0.379. The maximum absolute atomic E-state index is 15.6. The van der Waals surface area contributed by atoms with Crippen LogP contribution < -0.4 is 5.32 Å². The highest BCUT2D eigenvalue weighted by Crippen LogP contribution is 2.42. The van der Waals surface area contributed by atoms with Gasteiger partial charge in [0.15, 0.2) is 11.4 Å². The molecule has 1 fully saturated rings. The number of anilines is 2. The molecule has 1 aliphatic heterocycles. The molecular formula is C29H30F2N4O5S. The van der Waals surface area contributed by atoms with Crippen molar-refractivity contribution in [2.24, 2.45) is 0 Å². The Morgan fingerprint density at radius 2 is 2.10 bits per heavy atom. The van der Waals surface area contributed by atoms with Gasteiger partial charge in [-0.25, -0.2) is 13.8 Å². The van der Waals surface area contributed by atoms with Gasteiger partial charge in [0.05, 0.1) is 19.4 Å². The Kier molecular flexibility index (Phi) is 8.32.